The number of esters is 1. The van der Waals surface area contributed by atoms with Crippen molar-refractivity contribution in [2.24, 2.45) is 0 Å². The minimum Gasteiger partial charge on any atom is -0.469 e. The number of ether oxygens (including phenoxy) is 3. The molecule has 0 saturated carbocycles. The highest BCUT2D eigenvalue weighted by molar-refractivity contribution is 5.95. The molecule has 0 bridgehead atoms. The lowest BCUT2D eigenvalue weighted by atomic mass is 10.1. The van der Waals surface area contributed by atoms with Crippen LogP contribution in [0.1, 0.15) is 23.2 Å². The Morgan fingerprint density at radius 1 is 1.12 bits per heavy atom. The first-order chi connectivity index (χ1) is 11.5. The number of carbonyl (C=O) groups excluding carboxylic acids is 2. The first kappa shape index (κ1) is 18.1. The van der Waals surface area contributed by atoms with Crippen molar-refractivity contribution in [2.75, 3.05) is 47.6 Å². The molecular formula is C17H24N2O5. The van der Waals surface area contributed by atoms with E-state index in [1.165, 1.54) is 7.11 Å². The van der Waals surface area contributed by atoms with Crippen molar-refractivity contribution in [3.8, 4) is 11.5 Å². The first-order valence-electron chi connectivity index (χ1n) is 7.91. The molecule has 1 aliphatic rings. The van der Waals surface area contributed by atoms with Crippen molar-refractivity contribution in [3.05, 3.63) is 23.8 Å². The Morgan fingerprint density at radius 3 is 2.58 bits per heavy atom. The summed E-state index contributed by atoms with van der Waals surface area (Å²) in [4.78, 5) is 27.9. The smallest absolute Gasteiger partial charge is 0.307 e. The highest BCUT2D eigenvalue weighted by Crippen LogP contribution is 2.32. The van der Waals surface area contributed by atoms with E-state index >= 15 is 0 Å². The maximum absolute atomic E-state index is 12.8. The molecule has 0 atom stereocenters. The number of rotatable bonds is 8. The molecule has 0 N–H and O–H groups in total. The van der Waals surface area contributed by atoms with Gasteiger partial charge in [0.2, 0.25) is 6.79 Å². The van der Waals surface area contributed by atoms with E-state index in [1.807, 2.05) is 14.1 Å². The summed E-state index contributed by atoms with van der Waals surface area (Å²) in [6.45, 7) is 1.93. The Morgan fingerprint density at radius 2 is 1.88 bits per heavy atom. The lowest BCUT2D eigenvalue weighted by Gasteiger charge is -2.23. The molecule has 0 spiro atoms. The summed E-state index contributed by atoms with van der Waals surface area (Å²) >= 11 is 0. The molecule has 2 rings (SSSR count). The molecule has 1 heterocycles. The average molecular weight is 336 g/mol. The topological polar surface area (TPSA) is 68.3 Å². The second kappa shape index (κ2) is 8.54. The van der Waals surface area contributed by atoms with Crippen LogP contribution in [0.5, 0.6) is 11.5 Å². The van der Waals surface area contributed by atoms with Gasteiger partial charge in [-0.05, 0) is 45.3 Å². The summed E-state index contributed by atoms with van der Waals surface area (Å²) in [5, 5.41) is 0. The molecule has 7 nitrogen and oxygen atoms in total. The largest absolute Gasteiger partial charge is 0.469 e. The van der Waals surface area contributed by atoms with Crippen molar-refractivity contribution < 1.29 is 23.8 Å². The molecule has 132 valence electrons. The molecule has 7 heteroatoms. The number of nitrogens with zero attached hydrogens (tertiary/aromatic N) is 2. The van der Waals surface area contributed by atoms with Gasteiger partial charge in [0.05, 0.1) is 13.5 Å². The summed E-state index contributed by atoms with van der Waals surface area (Å²) in [6, 6.07) is 5.13. The number of hydrogen-bond acceptors (Lipinski definition) is 6. The molecule has 24 heavy (non-hydrogen) atoms. The van der Waals surface area contributed by atoms with E-state index in [0.717, 1.165) is 13.0 Å². The standard InChI is InChI=1S/C17H24N2O5/c1-18(2)8-4-9-19(10-7-16(20)22-3)17(21)13-5-6-14-15(11-13)24-12-23-14/h5-6,11H,4,7-10,12H2,1-3H3. The molecule has 0 radical (unpaired) electrons. The van der Waals surface area contributed by atoms with E-state index in [4.69, 9.17) is 9.47 Å². The Bertz CT molecular complexity index is 588. The van der Waals surface area contributed by atoms with Gasteiger partial charge < -0.3 is 24.0 Å². The van der Waals surface area contributed by atoms with Crippen LogP contribution in [0.25, 0.3) is 0 Å². The van der Waals surface area contributed by atoms with Crippen molar-refractivity contribution in [1.82, 2.24) is 9.80 Å². The van der Waals surface area contributed by atoms with Crippen LogP contribution in [0.4, 0.5) is 0 Å². The zero-order chi connectivity index (χ0) is 17.5. The van der Waals surface area contributed by atoms with Crippen LogP contribution in [-0.4, -0.2) is 69.3 Å². The normalized spacial score (nSPS) is 12.3. The Labute approximate surface area is 142 Å². The second-order valence-corrected chi connectivity index (χ2v) is 5.84. The van der Waals surface area contributed by atoms with Crippen LogP contribution >= 0.6 is 0 Å². The van der Waals surface area contributed by atoms with E-state index < -0.39 is 0 Å². The molecule has 0 saturated heterocycles. The summed E-state index contributed by atoms with van der Waals surface area (Å²) in [5.74, 6) is 0.754. The number of hydrogen-bond donors (Lipinski definition) is 0. The van der Waals surface area contributed by atoms with Gasteiger partial charge in [-0.15, -0.1) is 0 Å². The number of fused-ring (bicyclic) bond motifs is 1. The van der Waals surface area contributed by atoms with Crippen molar-refractivity contribution in [1.29, 1.82) is 0 Å². The quantitative estimate of drug-likeness (QED) is 0.668. The van der Waals surface area contributed by atoms with Crippen molar-refractivity contribution >= 4 is 11.9 Å². The van der Waals surface area contributed by atoms with Gasteiger partial charge in [-0.1, -0.05) is 0 Å². The molecule has 1 aromatic carbocycles. The molecule has 0 fully saturated rings. The van der Waals surface area contributed by atoms with E-state index in [2.05, 4.69) is 9.64 Å². The zero-order valence-corrected chi connectivity index (χ0v) is 14.4. The third kappa shape index (κ3) is 4.86. The second-order valence-electron chi connectivity index (χ2n) is 5.84. The predicted molar refractivity (Wildman–Crippen MR) is 88.3 cm³/mol. The van der Waals surface area contributed by atoms with E-state index in [1.54, 1.807) is 23.1 Å². The summed E-state index contributed by atoms with van der Waals surface area (Å²) < 4.78 is 15.3. The van der Waals surface area contributed by atoms with Gasteiger partial charge in [-0.3, -0.25) is 9.59 Å². The van der Waals surface area contributed by atoms with E-state index in [-0.39, 0.29) is 25.1 Å². The fraction of sp³-hybridized carbons (Fsp3) is 0.529. The number of benzene rings is 1. The van der Waals surface area contributed by atoms with E-state index in [0.29, 0.717) is 30.2 Å². The molecule has 0 unspecified atom stereocenters. The lowest BCUT2D eigenvalue weighted by molar-refractivity contribution is -0.140. The molecule has 0 aromatic heterocycles. The van der Waals surface area contributed by atoms with Crippen LogP contribution in [0, 0.1) is 0 Å². The number of methoxy groups -OCH3 is 1. The summed E-state index contributed by atoms with van der Waals surface area (Å²) in [5.41, 5.74) is 0.522. The lowest BCUT2D eigenvalue weighted by Crippen LogP contribution is -2.35. The van der Waals surface area contributed by atoms with Gasteiger partial charge in [-0.2, -0.15) is 0 Å². The van der Waals surface area contributed by atoms with Gasteiger partial charge >= 0.3 is 5.97 Å². The summed E-state index contributed by atoms with van der Waals surface area (Å²) in [6.07, 6.45) is 0.999. The summed E-state index contributed by atoms with van der Waals surface area (Å²) in [7, 11) is 5.31. The number of carbonyl (C=O) groups is 2. The van der Waals surface area contributed by atoms with Crippen LogP contribution in [0.2, 0.25) is 0 Å². The predicted octanol–water partition coefficient (Wildman–Crippen LogP) is 1.37. The first-order valence-corrected chi connectivity index (χ1v) is 7.91. The van der Waals surface area contributed by atoms with Crippen LogP contribution in [0.3, 0.4) is 0 Å². The van der Waals surface area contributed by atoms with Crippen molar-refractivity contribution in [2.45, 2.75) is 12.8 Å². The number of amides is 1. The van der Waals surface area contributed by atoms with Gasteiger partial charge in [0.15, 0.2) is 11.5 Å². The fourth-order valence-corrected chi connectivity index (χ4v) is 2.43. The van der Waals surface area contributed by atoms with Crippen LogP contribution in [0.15, 0.2) is 18.2 Å². The third-order valence-corrected chi connectivity index (χ3v) is 3.75. The van der Waals surface area contributed by atoms with Gasteiger partial charge in [-0.25, -0.2) is 0 Å². The maximum Gasteiger partial charge on any atom is 0.307 e. The van der Waals surface area contributed by atoms with Gasteiger partial charge in [0.1, 0.15) is 0 Å². The molecule has 1 aliphatic heterocycles. The Kier molecular flexibility index (Phi) is 6.43. The fourth-order valence-electron chi connectivity index (χ4n) is 2.43. The van der Waals surface area contributed by atoms with Crippen LogP contribution in [-0.2, 0) is 9.53 Å². The molecule has 0 aliphatic carbocycles. The maximum atomic E-state index is 12.8. The minimum absolute atomic E-state index is 0.129. The highest BCUT2D eigenvalue weighted by atomic mass is 16.7. The Hall–Kier alpha value is -2.28. The minimum atomic E-state index is -0.328. The van der Waals surface area contributed by atoms with Crippen LogP contribution < -0.4 is 9.47 Å². The monoisotopic (exact) mass is 336 g/mol. The molecule has 1 amide bonds. The SMILES string of the molecule is COC(=O)CCN(CCCN(C)C)C(=O)c1ccc2c(c1)OCO2. The molecule has 1 aromatic rings. The highest BCUT2D eigenvalue weighted by Gasteiger charge is 2.21. The van der Waals surface area contributed by atoms with Gasteiger partial charge in [0, 0.05) is 18.7 Å². The Balaban J connectivity index is 2.05. The van der Waals surface area contributed by atoms with Gasteiger partial charge in [0.25, 0.3) is 5.91 Å². The third-order valence-electron chi connectivity index (χ3n) is 3.75. The molecular weight excluding hydrogens is 312 g/mol. The zero-order valence-electron chi connectivity index (χ0n) is 14.4. The van der Waals surface area contributed by atoms with Crippen molar-refractivity contribution in [3.63, 3.8) is 0 Å². The average Bonchev–Trinajstić information content (AvgIpc) is 3.04. The van der Waals surface area contributed by atoms with E-state index in [9.17, 15) is 9.59 Å².